The first-order valence-corrected chi connectivity index (χ1v) is 6.60. The molecule has 98 valence electrons. The Morgan fingerprint density at radius 3 is 2.79 bits per heavy atom. The fourth-order valence-corrected chi connectivity index (χ4v) is 2.05. The third-order valence-corrected chi connectivity index (χ3v) is 3.26. The lowest BCUT2D eigenvalue weighted by atomic mass is 10.2. The van der Waals surface area contributed by atoms with Crippen molar-refractivity contribution in [3.63, 3.8) is 0 Å². The lowest BCUT2D eigenvalue weighted by molar-refractivity contribution is 1.09. The molecular formula is C14H14ClN3S. The summed E-state index contributed by atoms with van der Waals surface area (Å²) in [7, 11) is 0. The second-order valence-electron chi connectivity index (χ2n) is 4.19. The molecule has 0 fully saturated rings. The molecule has 1 aromatic carbocycles. The fourth-order valence-electron chi connectivity index (χ4n) is 1.73. The van der Waals surface area contributed by atoms with E-state index in [0.717, 1.165) is 27.7 Å². The van der Waals surface area contributed by atoms with E-state index in [-0.39, 0.29) is 0 Å². The van der Waals surface area contributed by atoms with Crippen LogP contribution in [0.15, 0.2) is 36.4 Å². The summed E-state index contributed by atoms with van der Waals surface area (Å²) in [6, 6.07) is 11.4. The summed E-state index contributed by atoms with van der Waals surface area (Å²) >= 11 is 11.1. The van der Waals surface area contributed by atoms with Crippen LogP contribution in [0.25, 0.3) is 0 Å². The summed E-state index contributed by atoms with van der Waals surface area (Å²) in [5.41, 5.74) is 8.33. The second kappa shape index (κ2) is 5.99. The van der Waals surface area contributed by atoms with E-state index in [1.165, 1.54) is 0 Å². The van der Waals surface area contributed by atoms with E-state index in [1.807, 2.05) is 43.3 Å². The molecule has 0 atom stereocenters. The molecule has 1 aromatic heterocycles. The van der Waals surface area contributed by atoms with Crippen molar-refractivity contribution >= 4 is 34.6 Å². The molecular weight excluding hydrogens is 278 g/mol. The molecule has 5 heteroatoms. The number of nitrogens with one attached hydrogen (secondary N) is 1. The zero-order valence-corrected chi connectivity index (χ0v) is 12.1. The number of aromatic nitrogens is 1. The minimum Gasteiger partial charge on any atom is -0.389 e. The van der Waals surface area contributed by atoms with Crippen molar-refractivity contribution in [2.24, 2.45) is 5.73 Å². The predicted octanol–water partition coefficient (Wildman–Crippen LogP) is 3.29. The van der Waals surface area contributed by atoms with Gasteiger partial charge in [-0.05, 0) is 30.7 Å². The number of thiocarbonyl (C=S) groups is 1. The van der Waals surface area contributed by atoms with Crippen LogP contribution < -0.4 is 11.1 Å². The fraction of sp³-hybridized carbons (Fsp3) is 0.143. The zero-order chi connectivity index (χ0) is 13.8. The summed E-state index contributed by atoms with van der Waals surface area (Å²) in [6.07, 6.45) is 0. The van der Waals surface area contributed by atoms with Gasteiger partial charge in [-0.15, -0.1) is 0 Å². The van der Waals surface area contributed by atoms with Gasteiger partial charge in [0.05, 0.1) is 0 Å². The van der Waals surface area contributed by atoms with E-state index in [2.05, 4.69) is 10.3 Å². The molecule has 0 bridgehead atoms. The number of nitrogens with zero attached hydrogens (tertiary/aromatic N) is 1. The van der Waals surface area contributed by atoms with Crippen LogP contribution in [0.1, 0.15) is 16.8 Å². The zero-order valence-electron chi connectivity index (χ0n) is 10.5. The Hall–Kier alpha value is -1.65. The van der Waals surface area contributed by atoms with E-state index in [9.17, 15) is 0 Å². The van der Waals surface area contributed by atoms with Gasteiger partial charge in [-0.25, -0.2) is 4.98 Å². The first kappa shape index (κ1) is 13.8. The average Bonchev–Trinajstić information content (AvgIpc) is 2.37. The van der Waals surface area contributed by atoms with Crippen molar-refractivity contribution in [1.29, 1.82) is 0 Å². The van der Waals surface area contributed by atoms with Crippen molar-refractivity contribution in [2.75, 3.05) is 5.32 Å². The SMILES string of the molecule is Cc1cc(C(N)=S)cc(NCc2ccccc2Cl)n1. The number of nitrogens with two attached hydrogens (primary N) is 1. The number of aryl methyl sites for hydroxylation is 1. The summed E-state index contributed by atoms with van der Waals surface area (Å²) in [4.78, 5) is 4.76. The highest BCUT2D eigenvalue weighted by atomic mass is 35.5. The van der Waals surface area contributed by atoms with Crippen molar-refractivity contribution in [3.05, 3.63) is 58.2 Å². The molecule has 3 N–H and O–H groups in total. The van der Waals surface area contributed by atoms with E-state index in [4.69, 9.17) is 29.6 Å². The van der Waals surface area contributed by atoms with E-state index < -0.39 is 0 Å². The smallest absolute Gasteiger partial charge is 0.127 e. The normalized spacial score (nSPS) is 10.2. The van der Waals surface area contributed by atoms with Crippen LogP contribution in [-0.4, -0.2) is 9.97 Å². The average molecular weight is 292 g/mol. The highest BCUT2D eigenvalue weighted by Gasteiger charge is 2.04. The van der Waals surface area contributed by atoms with Crippen LogP contribution >= 0.6 is 23.8 Å². The minimum absolute atomic E-state index is 0.367. The van der Waals surface area contributed by atoms with Gasteiger partial charge in [0.2, 0.25) is 0 Å². The number of anilines is 1. The van der Waals surface area contributed by atoms with Gasteiger partial charge in [-0.1, -0.05) is 42.0 Å². The monoisotopic (exact) mass is 291 g/mol. The maximum Gasteiger partial charge on any atom is 0.127 e. The molecule has 2 aromatic rings. The summed E-state index contributed by atoms with van der Waals surface area (Å²) in [6.45, 7) is 2.51. The molecule has 0 radical (unpaired) electrons. The van der Waals surface area contributed by atoms with Crippen LogP contribution in [0.4, 0.5) is 5.82 Å². The minimum atomic E-state index is 0.367. The topological polar surface area (TPSA) is 50.9 Å². The molecule has 0 spiro atoms. The van der Waals surface area contributed by atoms with Gasteiger partial charge in [0, 0.05) is 22.8 Å². The van der Waals surface area contributed by atoms with Gasteiger partial charge in [0.15, 0.2) is 0 Å². The lowest BCUT2D eigenvalue weighted by Crippen LogP contribution is -2.11. The maximum absolute atomic E-state index is 6.10. The Bertz CT molecular complexity index is 613. The lowest BCUT2D eigenvalue weighted by Gasteiger charge is -2.09. The molecule has 0 aliphatic rings. The Morgan fingerprint density at radius 2 is 2.11 bits per heavy atom. The first-order valence-electron chi connectivity index (χ1n) is 5.82. The maximum atomic E-state index is 6.10. The standard InChI is InChI=1S/C14H14ClN3S/c1-9-6-11(14(16)19)7-13(18-9)17-8-10-4-2-3-5-12(10)15/h2-7H,8H2,1H3,(H2,16,19)(H,17,18). The van der Waals surface area contributed by atoms with E-state index in [0.29, 0.717) is 11.5 Å². The van der Waals surface area contributed by atoms with Crippen LogP contribution in [0.3, 0.4) is 0 Å². The van der Waals surface area contributed by atoms with Crippen LogP contribution in [0, 0.1) is 6.92 Å². The van der Waals surface area contributed by atoms with Gasteiger partial charge in [-0.2, -0.15) is 0 Å². The number of hydrogen-bond donors (Lipinski definition) is 2. The van der Waals surface area contributed by atoms with Gasteiger partial charge >= 0.3 is 0 Å². The van der Waals surface area contributed by atoms with Crippen LogP contribution in [0.2, 0.25) is 5.02 Å². The molecule has 0 saturated heterocycles. The highest BCUT2D eigenvalue weighted by molar-refractivity contribution is 7.80. The van der Waals surface area contributed by atoms with Crippen molar-refractivity contribution in [1.82, 2.24) is 4.98 Å². The molecule has 0 unspecified atom stereocenters. The highest BCUT2D eigenvalue weighted by Crippen LogP contribution is 2.17. The van der Waals surface area contributed by atoms with E-state index in [1.54, 1.807) is 0 Å². The van der Waals surface area contributed by atoms with Gasteiger partial charge in [0.1, 0.15) is 10.8 Å². The molecule has 3 nitrogen and oxygen atoms in total. The predicted molar refractivity (Wildman–Crippen MR) is 83.6 cm³/mol. The summed E-state index contributed by atoms with van der Waals surface area (Å²) < 4.78 is 0. The van der Waals surface area contributed by atoms with Gasteiger partial charge in [0.25, 0.3) is 0 Å². The number of hydrogen-bond acceptors (Lipinski definition) is 3. The third kappa shape index (κ3) is 3.66. The molecule has 19 heavy (non-hydrogen) atoms. The molecule has 0 saturated carbocycles. The Kier molecular flexibility index (Phi) is 4.35. The Morgan fingerprint density at radius 1 is 1.37 bits per heavy atom. The van der Waals surface area contributed by atoms with Crippen molar-refractivity contribution < 1.29 is 0 Å². The number of pyridine rings is 1. The van der Waals surface area contributed by atoms with Gasteiger partial charge < -0.3 is 11.1 Å². The van der Waals surface area contributed by atoms with Crippen LogP contribution in [0.5, 0.6) is 0 Å². The molecule has 0 aliphatic carbocycles. The summed E-state index contributed by atoms with van der Waals surface area (Å²) in [5, 5.41) is 3.96. The quantitative estimate of drug-likeness (QED) is 0.849. The first-order chi connectivity index (χ1) is 9.06. The van der Waals surface area contributed by atoms with Gasteiger partial charge in [-0.3, -0.25) is 0 Å². The number of benzene rings is 1. The van der Waals surface area contributed by atoms with Crippen molar-refractivity contribution in [3.8, 4) is 0 Å². The molecule has 1 heterocycles. The van der Waals surface area contributed by atoms with Crippen molar-refractivity contribution in [2.45, 2.75) is 13.5 Å². The second-order valence-corrected chi connectivity index (χ2v) is 5.04. The number of halogens is 1. The Balaban J connectivity index is 2.16. The summed E-state index contributed by atoms with van der Waals surface area (Å²) in [5.74, 6) is 0.739. The molecule has 0 amide bonds. The molecule has 2 rings (SSSR count). The largest absolute Gasteiger partial charge is 0.389 e. The third-order valence-electron chi connectivity index (χ3n) is 2.66. The molecule has 0 aliphatic heterocycles. The van der Waals surface area contributed by atoms with Crippen LogP contribution in [-0.2, 0) is 6.54 Å². The number of rotatable bonds is 4. The Labute approximate surface area is 122 Å². The van der Waals surface area contributed by atoms with E-state index >= 15 is 0 Å².